The van der Waals surface area contributed by atoms with Gasteiger partial charge in [-0.2, -0.15) is 0 Å². The highest BCUT2D eigenvalue weighted by molar-refractivity contribution is 8.01. The number of nitrogens with zero attached hydrogens (tertiary/aromatic N) is 2. The Kier molecular flexibility index (Phi) is 3.11. The molecule has 0 saturated carbocycles. The maximum atomic E-state index is 6.09. The number of hydrogen-bond acceptors (Lipinski definition) is 5. The van der Waals surface area contributed by atoms with Gasteiger partial charge in [-0.05, 0) is 12.1 Å². The summed E-state index contributed by atoms with van der Waals surface area (Å²) in [5.74, 6) is 0. The van der Waals surface area contributed by atoms with Crippen molar-refractivity contribution in [1.29, 1.82) is 0 Å². The Labute approximate surface area is 117 Å². The van der Waals surface area contributed by atoms with Gasteiger partial charge in [-0.15, -0.1) is 11.3 Å². The van der Waals surface area contributed by atoms with Crippen LogP contribution >= 0.6 is 34.7 Å². The Morgan fingerprint density at radius 1 is 1.22 bits per heavy atom. The first kappa shape index (κ1) is 11.8. The Bertz CT molecular complexity index is 658. The van der Waals surface area contributed by atoms with Crippen molar-refractivity contribution in [3.8, 4) is 0 Å². The molecule has 0 aliphatic carbocycles. The molecule has 0 spiro atoms. The molecule has 18 heavy (non-hydrogen) atoms. The maximum Gasteiger partial charge on any atom is 0.156 e. The quantitative estimate of drug-likeness (QED) is 0.773. The monoisotopic (exact) mass is 293 g/mol. The zero-order valence-corrected chi connectivity index (χ0v) is 11.5. The van der Waals surface area contributed by atoms with E-state index >= 15 is 0 Å². The highest BCUT2D eigenvalue weighted by Crippen LogP contribution is 2.39. The van der Waals surface area contributed by atoms with Crippen molar-refractivity contribution in [3.05, 3.63) is 41.7 Å². The second-order valence-corrected chi connectivity index (χ2v) is 6.28. The van der Waals surface area contributed by atoms with Crippen LogP contribution in [0.25, 0.3) is 10.2 Å². The van der Waals surface area contributed by atoms with Gasteiger partial charge >= 0.3 is 0 Å². The number of halogens is 1. The minimum atomic E-state index is 0.555. The van der Waals surface area contributed by atoms with E-state index in [4.69, 9.17) is 17.3 Å². The van der Waals surface area contributed by atoms with Crippen LogP contribution in [0.5, 0.6) is 0 Å². The highest BCUT2D eigenvalue weighted by atomic mass is 35.5. The first-order valence-corrected chi connectivity index (χ1v) is 7.17. The first-order valence-electron chi connectivity index (χ1n) is 5.16. The summed E-state index contributed by atoms with van der Waals surface area (Å²) in [6.45, 7) is 0. The molecule has 2 N–H and O–H groups in total. The third-order valence-corrected chi connectivity index (χ3v) is 5.00. The van der Waals surface area contributed by atoms with E-state index in [1.807, 2.05) is 18.2 Å². The first-order chi connectivity index (χ1) is 8.74. The number of rotatable bonds is 2. The van der Waals surface area contributed by atoms with Gasteiger partial charge in [0.25, 0.3) is 0 Å². The van der Waals surface area contributed by atoms with Crippen molar-refractivity contribution in [1.82, 2.24) is 9.97 Å². The van der Waals surface area contributed by atoms with Crippen LogP contribution in [0, 0.1) is 0 Å². The number of anilines is 1. The van der Waals surface area contributed by atoms with Gasteiger partial charge < -0.3 is 5.73 Å². The number of nitrogens with two attached hydrogens (primary N) is 1. The number of aromatic nitrogens is 2. The van der Waals surface area contributed by atoms with E-state index < -0.39 is 0 Å². The van der Waals surface area contributed by atoms with Gasteiger partial charge in [0.15, 0.2) is 4.34 Å². The zero-order chi connectivity index (χ0) is 12.5. The lowest BCUT2D eigenvalue weighted by Crippen LogP contribution is -1.90. The van der Waals surface area contributed by atoms with E-state index in [1.54, 1.807) is 23.7 Å². The van der Waals surface area contributed by atoms with Gasteiger partial charge in [-0.3, -0.25) is 4.98 Å². The summed E-state index contributed by atoms with van der Waals surface area (Å²) in [6.07, 6.45) is 3.19. The second-order valence-electron chi connectivity index (χ2n) is 3.59. The molecule has 1 aromatic carbocycles. The summed E-state index contributed by atoms with van der Waals surface area (Å²) in [6, 6.07) is 8.02. The third-order valence-electron chi connectivity index (χ3n) is 2.34. The Morgan fingerprint density at radius 2 is 2.06 bits per heavy atom. The molecule has 3 nitrogen and oxygen atoms in total. The Morgan fingerprint density at radius 3 is 2.83 bits per heavy atom. The van der Waals surface area contributed by atoms with E-state index in [0.717, 1.165) is 19.5 Å². The average molecular weight is 294 g/mol. The molecule has 90 valence electrons. The molecule has 0 fully saturated rings. The Balaban J connectivity index is 2.01. The van der Waals surface area contributed by atoms with Gasteiger partial charge in [0.1, 0.15) is 0 Å². The number of para-hydroxylation sites is 1. The van der Waals surface area contributed by atoms with Crippen molar-refractivity contribution in [3.63, 3.8) is 0 Å². The average Bonchev–Trinajstić information content (AvgIpc) is 2.76. The molecule has 0 unspecified atom stereocenters. The summed E-state index contributed by atoms with van der Waals surface area (Å²) in [4.78, 5) is 9.29. The smallest absolute Gasteiger partial charge is 0.156 e. The molecular formula is C12H8ClN3S2. The van der Waals surface area contributed by atoms with Crippen molar-refractivity contribution in [2.45, 2.75) is 9.24 Å². The number of benzene rings is 1. The van der Waals surface area contributed by atoms with Gasteiger partial charge in [0.2, 0.25) is 0 Å². The summed E-state index contributed by atoms with van der Waals surface area (Å²) in [7, 11) is 0. The summed E-state index contributed by atoms with van der Waals surface area (Å²) in [5, 5.41) is 0.555. The van der Waals surface area contributed by atoms with Crippen LogP contribution in [-0.2, 0) is 0 Å². The predicted molar refractivity (Wildman–Crippen MR) is 77.4 cm³/mol. The van der Waals surface area contributed by atoms with Crippen LogP contribution in [0.15, 0.2) is 45.9 Å². The SMILES string of the molecule is Nc1cncc(Cl)c1Sc1nc2ccccc2s1. The van der Waals surface area contributed by atoms with Crippen LogP contribution in [0.1, 0.15) is 0 Å². The summed E-state index contributed by atoms with van der Waals surface area (Å²) < 4.78 is 2.08. The molecule has 0 radical (unpaired) electrons. The van der Waals surface area contributed by atoms with E-state index in [9.17, 15) is 0 Å². The molecule has 0 amide bonds. The van der Waals surface area contributed by atoms with E-state index in [0.29, 0.717) is 10.7 Å². The lowest BCUT2D eigenvalue weighted by atomic mass is 10.3. The number of fused-ring (bicyclic) bond motifs is 1. The molecule has 3 aromatic rings. The van der Waals surface area contributed by atoms with E-state index in [1.165, 1.54) is 11.8 Å². The van der Waals surface area contributed by atoms with Gasteiger partial charge in [-0.1, -0.05) is 35.5 Å². The largest absolute Gasteiger partial charge is 0.397 e. The normalized spacial score (nSPS) is 10.9. The van der Waals surface area contributed by atoms with Crippen molar-refractivity contribution in [2.75, 3.05) is 5.73 Å². The fraction of sp³-hybridized carbons (Fsp3) is 0. The lowest BCUT2D eigenvalue weighted by Gasteiger charge is -2.03. The molecule has 0 atom stereocenters. The number of hydrogen-bond donors (Lipinski definition) is 1. The van der Waals surface area contributed by atoms with Crippen LogP contribution in [0.2, 0.25) is 5.02 Å². The fourth-order valence-electron chi connectivity index (χ4n) is 1.53. The van der Waals surface area contributed by atoms with Crippen LogP contribution < -0.4 is 5.73 Å². The van der Waals surface area contributed by atoms with Crippen LogP contribution in [0.3, 0.4) is 0 Å². The Hall–Kier alpha value is -1.30. The fourth-order valence-corrected chi connectivity index (χ4v) is 3.83. The van der Waals surface area contributed by atoms with Crippen molar-refractivity contribution >= 4 is 50.6 Å². The minimum absolute atomic E-state index is 0.555. The molecule has 0 bridgehead atoms. The number of pyridine rings is 1. The molecular weight excluding hydrogens is 286 g/mol. The minimum Gasteiger partial charge on any atom is -0.397 e. The molecule has 0 aliphatic rings. The molecule has 0 saturated heterocycles. The number of thiazole rings is 1. The standard InChI is InChI=1S/C12H8ClN3S2/c13-7-5-15-6-8(14)11(7)18-12-16-9-3-1-2-4-10(9)17-12/h1-6H,14H2. The number of nitrogen functional groups attached to an aromatic ring is 1. The lowest BCUT2D eigenvalue weighted by molar-refractivity contribution is 1.25. The third kappa shape index (κ3) is 2.16. The van der Waals surface area contributed by atoms with Crippen molar-refractivity contribution < 1.29 is 0 Å². The molecule has 3 rings (SSSR count). The van der Waals surface area contributed by atoms with E-state index in [2.05, 4.69) is 16.0 Å². The zero-order valence-electron chi connectivity index (χ0n) is 9.13. The topological polar surface area (TPSA) is 51.8 Å². The molecule has 6 heteroatoms. The summed E-state index contributed by atoms with van der Waals surface area (Å²) >= 11 is 9.20. The molecule has 0 aliphatic heterocycles. The molecule has 2 heterocycles. The van der Waals surface area contributed by atoms with Crippen LogP contribution in [-0.4, -0.2) is 9.97 Å². The van der Waals surface area contributed by atoms with E-state index in [-0.39, 0.29) is 0 Å². The van der Waals surface area contributed by atoms with Crippen molar-refractivity contribution in [2.24, 2.45) is 0 Å². The van der Waals surface area contributed by atoms with Crippen LogP contribution in [0.4, 0.5) is 5.69 Å². The van der Waals surface area contributed by atoms with Gasteiger partial charge in [-0.25, -0.2) is 4.98 Å². The highest BCUT2D eigenvalue weighted by Gasteiger charge is 2.10. The van der Waals surface area contributed by atoms with Gasteiger partial charge in [0, 0.05) is 6.20 Å². The summed E-state index contributed by atoms with van der Waals surface area (Å²) in [5.41, 5.74) is 7.44. The maximum absolute atomic E-state index is 6.09. The molecule has 2 aromatic heterocycles. The van der Waals surface area contributed by atoms with Gasteiger partial charge in [0.05, 0.1) is 32.0 Å². The predicted octanol–water partition coefficient (Wildman–Crippen LogP) is 4.08. The second kappa shape index (κ2) is 4.76.